The molecule has 0 unspecified atom stereocenters. The summed E-state index contributed by atoms with van der Waals surface area (Å²) in [4.78, 5) is -0.326. The summed E-state index contributed by atoms with van der Waals surface area (Å²) < 4.78 is 43.9. The van der Waals surface area contributed by atoms with E-state index in [0.29, 0.717) is 5.69 Å². The number of aromatic nitrogens is 4. The molecule has 10 heteroatoms. The molecule has 3 aromatic rings. The van der Waals surface area contributed by atoms with Crippen LogP contribution in [0.15, 0.2) is 53.7 Å². The smallest absolute Gasteiger partial charge is 0.340 e. The molecule has 0 amide bonds. The molecule has 3 rings (SSSR count). The van der Waals surface area contributed by atoms with Gasteiger partial charge in [-0.3, -0.25) is 0 Å². The van der Waals surface area contributed by atoms with Crippen LogP contribution in [0.2, 0.25) is 5.02 Å². The molecule has 23 heavy (non-hydrogen) atoms. The maximum atomic E-state index is 13.0. The Morgan fingerprint density at radius 3 is 2.70 bits per heavy atom. The van der Waals surface area contributed by atoms with Gasteiger partial charge in [0.05, 0.1) is 10.7 Å². The number of nitrogens with zero attached hydrogens (tertiary/aromatic N) is 4. The molecular formula is C13H8ClFN4O3S. The molecule has 0 fully saturated rings. The molecule has 0 saturated heterocycles. The van der Waals surface area contributed by atoms with Crippen LogP contribution in [0.1, 0.15) is 0 Å². The molecule has 0 bridgehead atoms. The summed E-state index contributed by atoms with van der Waals surface area (Å²) in [6.07, 6.45) is 1.35. The zero-order valence-electron chi connectivity index (χ0n) is 11.3. The average Bonchev–Trinajstić information content (AvgIpc) is 3.00. The van der Waals surface area contributed by atoms with Crippen LogP contribution in [0.25, 0.3) is 5.69 Å². The lowest BCUT2D eigenvalue weighted by Crippen LogP contribution is -2.11. The zero-order chi connectivity index (χ0) is 16.4. The summed E-state index contributed by atoms with van der Waals surface area (Å²) in [6.45, 7) is 0. The third-order valence-corrected chi connectivity index (χ3v) is 4.53. The Morgan fingerprint density at radius 1 is 1.17 bits per heavy atom. The second-order valence-corrected chi connectivity index (χ2v) is 6.29. The fraction of sp³-hybridized carbons (Fsp3) is 0. The SMILES string of the molecule is O=S(=O)(Oc1cccc(-n2cnnn2)c1)c1ccc(F)cc1Cl. The highest BCUT2D eigenvalue weighted by atomic mass is 35.5. The van der Waals surface area contributed by atoms with Crippen LogP contribution in [-0.4, -0.2) is 28.6 Å². The largest absolute Gasteiger partial charge is 0.379 e. The molecule has 0 radical (unpaired) electrons. The summed E-state index contributed by atoms with van der Waals surface area (Å²) in [7, 11) is -4.21. The first-order valence-corrected chi connectivity index (χ1v) is 7.97. The van der Waals surface area contributed by atoms with Crippen LogP contribution in [0, 0.1) is 5.82 Å². The van der Waals surface area contributed by atoms with Gasteiger partial charge in [-0.2, -0.15) is 8.42 Å². The lowest BCUT2D eigenvalue weighted by atomic mass is 10.3. The third kappa shape index (κ3) is 3.30. The predicted molar refractivity (Wildman–Crippen MR) is 78.4 cm³/mol. The van der Waals surface area contributed by atoms with Crippen molar-refractivity contribution in [2.45, 2.75) is 4.90 Å². The highest BCUT2D eigenvalue weighted by Gasteiger charge is 2.21. The third-order valence-electron chi connectivity index (χ3n) is 2.80. The van der Waals surface area contributed by atoms with Crippen molar-refractivity contribution in [3.05, 3.63) is 59.6 Å². The van der Waals surface area contributed by atoms with Crippen LogP contribution in [0.4, 0.5) is 4.39 Å². The minimum Gasteiger partial charge on any atom is -0.379 e. The van der Waals surface area contributed by atoms with Gasteiger partial charge in [0.2, 0.25) is 0 Å². The number of halogens is 2. The van der Waals surface area contributed by atoms with Crippen molar-refractivity contribution in [1.29, 1.82) is 0 Å². The van der Waals surface area contributed by atoms with Crippen molar-refractivity contribution in [2.24, 2.45) is 0 Å². The molecule has 118 valence electrons. The van der Waals surface area contributed by atoms with Gasteiger partial charge in [0, 0.05) is 6.07 Å². The highest BCUT2D eigenvalue weighted by molar-refractivity contribution is 7.87. The van der Waals surface area contributed by atoms with Crippen LogP contribution < -0.4 is 4.18 Å². The van der Waals surface area contributed by atoms with E-state index in [4.69, 9.17) is 15.8 Å². The van der Waals surface area contributed by atoms with Crippen LogP contribution in [0.5, 0.6) is 5.75 Å². The Balaban J connectivity index is 1.93. The van der Waals surface area contributed by atoms with Gasteiger partial charge in [-0.1, -0.05) is 17.7 Å². The molecule has 0 saturated carbocycles. The Morgan fingerprint density at radius 2 is 2.00 bits per heavy atom. The number of tetrazole rings is 1. The van der Waals surface area contributed by atoms with E-state index in [0.717, 1.165) is 18.2 Å². The molecule has 2 aromatic carbocycles. The monoisotopic (exact) mass is 354 g/mol. The van der Waals surface area contributed by atoms with Gasteiger partial charge in [0.1, 0.15) is 22.8 Å². The number of hydrogen-bond acceptors (Lipinski definition) is 6. The van der Waals surface area contributed by atoms with Gasteiger partial charge in [0.25, 0.3) is 0 Å². The van der Waals surface area contributed by atoms with Crippen molar-refractivity contribution in [2.75, 3.05) is 0 Å². The first kappa shape index (κ1) is 15.4. The quantitative estimate of drug-likeness (QED) is 0.668. The molecule has 0 atom stereocenters. The normalized spacial score (nSPS) is 11.4. The molecule has 0 aliphatic carbocycles. The van der Waals surface area contributed by atoms with Crippen molar-refractivity contribution >= 4 is 21.7 Å². The summed E-state index contributed by atoms with van der Waals surface area (Å²) in [5, 5.41) is 10.4. The van der Waals surface area contributed by atoms with E-state index >= 15 is 0 Å². The maximum absolute atomic E-state index is 13.0. The lowest BCUT2D eigenvalue weighted by Gasteiger charge is -2.09. The van der Waals surface area contributed by atoms with E-state index in [2.05, 4.69) is 15.5 Å². The molecule has 0 N–H and O–H groups in total. The van der Waals surface area contributed by atoms with E-state index in [-0.39, 0.29) is 15.7 Å². The van der Waals surface area contributed by atoms with Gasteiger partial charge in [0.15, 0.2) is 0 Å². The van der Waals surface area contributed by atoms with Crippen LogP contribution in [-0.2, 0) is 10.1 Å². The topological polar surface area (TPSA) is 87.0 Å². The molecule has 1 aromatic heterocycles. The van der Waals surface area contributed by atoms with Gasteiger partial charge in [-0.25, -0.2) is 9.07 Å². The standard InChI is InChI=1S/C13H8ClFN4O3S/c14-12-6-9(15)4-5-13(12)23(20,21)22-11-3-1-2-10(7-11)19-8-16-17-18-19/h1-8H. The van der Waals surface area contributed by atoms with Gasteiger partial charge in [-0.05, 0) is 40.8 Å². The number of benzene rings is 2. The Labute approximate surface area is 135 Å². The van der Waals surface area contributed by atoms with Crippen LogP contribution >= 0.6 is 11.6 Å². The van der Waals surface area contributed by atoms with E-state index in [1.807, 2.05) is 0 Å². The fourth-order valence-electron chi connectivity index (χ4n) is 1.81. The fourth-order valence-corrected chi connectivity index (χ4v) is 3.24. The minimum atomic E-state index is -4.21. The van der Waals surface area contributed by atoms with Crippen molar-refractivity contribution in [3.8, 4) is 11.4 Å². The van der Waals surface area contributed by atoms with Crippen molar-refractivity contribution < 1.29 is 17.0 Å². The minimum absolute atomic E-state index is 0.0402. The first-order valence-electron chi connectivity index (χ1n) is 6.19. The van der Waals surface area contributed by atoms with Gasteiger partial charge in [-0.15, -0.1) is 5.10 Å². The molecule has 0 aliphatic heterocycles. The van der Waals surface area contributed by atoms with Gasteiger partial charge >= 0.3 is 10.1 Å². The summed E-state index contributed by atoms with van der Waals surface area (Å²) >= 11 is 5.76. The predicted octanol–water partition coefficient (Wildman–Crippen LogP) is 2.22. The molecule has 0 spiro atoms. The molecule has 7 nitrogen and oxygen atoms in total. The van der Waals surface area contributed by atoms with Crippen LogP contribution in [0.3, 0.4) is 0 Å². The summed E-state index contributed by atoms with van der Waals surface area (Å²) in [5.74, 6) is -0.604. The van der Waals surface area contributed by atoms with Crippen molar-refractivity contribution in [1.82, 2.24) is 20.2 Å². The van der Waals surface area contributed by atoms with Crippen molar-refractivity contribution in [3.63, 3.8) is 0 Å². The molecule has 0 aliphatic rings. The van der Waals surface area contributed by atoms with E-state index in [1.54, 1.807) is 12.1 Å². The Kier molecular flexibility index (Phi) is 3.97. The first-order chi connectivity index (χ1) is 11.0. The number of rotatable bonds is 4. The number of hydrogen-bond donors (Lipinski definition) is 0. The van der Waals surface area contributed by atoms with E-state index < -0.39 is 15.9 Å². The van der Waals surface area contributed by atoms with E-state index in [1.165, 1.54) is 23.1 Å². The second kappa shape index (κ2) is 5.94. The zero-order valence-corrected chi connectivity index (χ0v) is 12.9. The summed E-state index contributed by atoms with van der Waals surface area (Å²) in [6, 6.07) is 9.05. The Hall–Kier alpha value is -2.52. The highest BCUT2D eigenvalue weighted by Crippen LogP contribution is 2.26. The van der Waals surface area contributed by atoms with E-state index in [9.17, 15) is 12.8 Å². The Bertz CT molecular complexity index is 948. The van der Waals surface area contributed by atoms with Gasteiger partial charge < -0.3 is 4.18 Å². The molecular weight excluding hydrogens is 347 g/mol. The second-order valence-electron chi connectivity index (χ2n) is 4.36. The lowest BCUT2D eigenvalue weighted by molar-refractivity contribution is 0.485. The average molecular weight is 355 g/mol. The summed E-state index contributed by atoms with van der Waals surface area (Å²) in [5.41, 5.74) is 0.507. The molecule has 1 heterocycles. The maximum Gasteiger partial charge on any atom is 0.340 e.